The number of nitro benzene ring substituents is 1. The van der Waals surface area contributed by atoms with Crippen molar-refractivity contribution in [1.82, 2.24) is 0 Å². The second-order valence-corrected chi connectivity index (χ2v) is 7.55. The number of hydrogen-bond acceptors (Lipinski definition) is 5. The molecule has 1 unspecified atom stereocenters. The van der Waals surface area contributed by atoms with Crippen LogP contribution >= 0.6 is 23.2 Å². The molecule has 3 aromatic rings. The first-order valence-electron chi connectivity index (χ1n) is 9.55. The van der Waals surface area contributed by atoms with E-state index in [1.54, 1.807) is 48.5 Å². The van der Waals surface area contributed by atoms with Gasteiger partial charge in [0.15, 0.2) is 6.10 Å². The summed E-state index contributed by atoms with van der Waals surface area (Å²) >= 11 is 11.7. The van der Waals surface area contributed by atoms with Gasteiger partial charge >= 0.3 is 0 Å². The largest absolute Gasteiger partial charge is 0.482 e. The van der Waals surface area contributed by atoms with E-state index in [1.807, 2.05) is 0 Å². The first-order chi connectivity index (χ1) is 15.4. The molecule has 0 aromatic heterocycles. The summed E-state index contributed by atoms with van der Waals surface area (Å²) in [6.07, 6.45) is -0.448. The lowest BCUT2D eigenvalue weighted by molar-refractivity contribution is -0.384. The van der Waals surface area contributed by atoms with E-state index >= 15 is 0 Å². The number of Topliss-reactive ketones (excluding diaryl/α,β-unsaturated/α-hetero) is 1. The third-order valence-corrected chi connectivity index (χ3v) is 4.99. The van der Waals surface area contributed by atoms with E-state index < -0.39 is 16.9 Å². The molecule has 0 bridgehead atoms. The minimum Gasteiger partial charge on any atom is -0.482 e. The molecule has 0 saturated heterocycles. The number of nitro groups is 1. The number of carbonyl (C=O) groups is 2. The molecule has 0 radical (unpaired) electrons. The molecule has 0 aliphatic rings. The summed E-state index contributed by atoms with van der Waals surface area (Å²) in [5.41, 5.74) is 1.16. The highest BCUT2D eigenvalue weighted by Gasteiger charge is 2.21. The lowest BCUT2D eigenvalue weighted by Crippen LogP contribution is -2.28. The van der Waals surface area contributed by atoms with Crippen molar-refractivity contribution in [3.8, 4) is 5.75 Å². The fourth-order valence-corrected chi connectivity index (χ4v) is 3.19. The maximum Gasteiger partial charge on any atom is 0.269 e. The van der Waals surface area contributed by atoms with Gasteiger partial charge in [0.2, 0.25) is 5.78 Å². The number of hydrogen-bond donors (Lipinski definition) is 1. The summed E-state index contributed by atoms with van der Waals surface area (Å²) in [7, 11) is 0. The van der Waals surface area contributed by atoms with Crippen LogP contribution in [-0.4, -0.2) is 28.6 Å². The smallest absolute Gasteiger partial charge is 0.269 e. The van der Waals surface area contributed by atoms with Crippen molar-refractivity contribution < 1.29 is 19.2 Å². The van der Waals surface area contributed by atoms with Gasteiger partial charge in [0.25, 0.3) is 11.6 Å². The predicted molar refractivity (Wildman–Crippen MR) is 123 cm³/mol. The number of amides is 1. The predicted octanol–water partition coefficient (Wildman–Crippen LogP) is 5.76. The van der Waals surface area contributed by atoms with E-state index in [-0.39, 0.29) is 22.9 Å². The molecule has 0 heterocycles. The Bertz CT molecular complexity index is 1100. The van der Waals surface area contributed by atoms with Gasteiger partial charge in [-0.15, -0.1) is 11.6 Å². The number of rotatable bonds is 9. The summed E-state index contributed by atoms with van der Waals surface area (Å²) in [5.74, 6) is 0.0630. The summed E-state index contributed by atoms with van der Waals surface area (Å²) in [5, 5.41) is 13.9. The SMILES string of the molecule is O=C(Nc1ccc(OC(CCCl)C(=O)c2ccc(Cl)cc2)cc1)c1ccc([N+](=O)[O-])cc1. The number of non-ortho nitro benzene ring substituents is 1. The van der Waals surface area contributed by atoms with E-state index in [0.717, 1.165) is 0 Å². The molecule has 1 atom stereocenters. The van der Waals surface area contributed by atoms with E-state index in [1.165, 1.54) is 24.3 Å². The number of carbonyl (C=O) groups excluding carboxylic acids is 2. The Balaban J connectivity index is 1.65. The minimum absolute atomic E-state index is 0.0947. The monoisotopic (exact) mass is 472 g/mol. The highest BCUT2D eigenvalue weighted by Crippen LogP contribution is 2.21. The minimum atomic E-state index is -0.769. The van der Waals surface area contributed by atoms with Crippen molar-refractivity contribution in [2.75, 3.05) is 11.2 Å². The molecule has 3 rings (SSSR count). The fourth-order valence-electron chi connectivity index (χ4n) is 2.86. The maximum atomic E-state index is 12.8. The van der Waals surface area contributed by atoms with Crippen molar-refractivity contribution >= 4 is 46.3 Å². The van der Waals surface area contributed by atoms with Crippen LogP contribution < -0.4 is 10.1 Å². The average Bonchev–Trinajstić information content (AvgIpc) is 2.80. The first kappa shape index (κ1) is 23.2. The van der Waals surface area contributed by atoms with Gasteiger partial charge in [-0.05, 0) is 60.7 Å². The molecule has 0 fully saturated rings. The molecule has 9 heteroatoms. The maximum absolute atomic E-state index is 12.8. The van der Waals surface area contributed by atoms with Crippen LogP contribution in [0.25, 0.3) is 0 Å². The molecule has 7 nitrogen and oxygen atoms in total. The second-order valence-electron chi connectivity index (χ2n) is 6.74. The summed E-state index contributed by atoms with van der Waals surface area (Å²) in [4.78, 5) is 35.3. The lowest BCUT2D eigenvalue weighted by atomic mass is 10.0. The third-order valence-electron chi connectivity index (χ3n) is 4.52. The summed E-state index contributed by atoms with van der Waals surface area (Å²) in [6.45, 7) is 0. The van der Waals surface area contributed by atoms with Gasteiger partial charge < -0.3 is 10.1 Å². The number of halogens is 2. The molecule has 164 valence electrons. The summed E-state index contributed by atoms with van der Waals surface area (Å²) < 4.78 is 5.84. The Labute approximate surface area is 194 Å². The quantitative estimate of drug-likeness (QED) is 0.184. The Hall–Kier alpha value is -3.42. The van der Waals surface area contributed by atoms with E-state index in [9.17, 15) is 19.7 Å². The van der Waals surface area contributed by atoms with Crippen molar-refractivity contribution in [2.24, 2.45) is 0 Å². The van der Waals surface area contributed by atoms with Gasteiger partial charge in [-0.2, -0.15) is 0 Å². The number of anilines is 1. The van der Waals surface area contributed by atoms with Crippen LogP contribution in [0.1, 0.15) is 27.1 Å². The third kappa shape index (κ3) is 6.06. The van der Waals surface area contributed by atoms with Crippen LogP contribution in [0.5, 0.6) is 5.75 Å². The standard InChI is InChI=1S/C23H18Cl2N2O5/c24-14-13-21(22(28)15-1-5-17(25)6-2-15)32-20-11-7-18(8-12-20)26-23(29)16-3-9-19(10-4-16)27(30)31/h1-12,21H,13-14H2,(H,26,29). The zero-order valence-corrected chi connectivity index (χ0v) is 18.2. The second kappa shape index (κ2) is 10.7. The highest BCUT2D eigenvalue weighted by molar-refractivity contribution is 6.30. The van der Waals surface area contributed by atoms with Gasteiger partial charge in [-0.3, -0.25) is 19.7 Å². The van der Waals surface area contributed by atoms with Crippen molar-refractivity contribution in [2.45, 2.75) is 12.5 Å². The zero-order chi connectivity index (χ0) is 23.1. The number of nitrogens with one attached hydrogen (secondary N) is 1. The number of benzene rings is 3. The van der Waals surface area contributed by atoms with Crippen molar-refractivity contribution in [1.29, 1.82) is 0 Å². The fraction of sp³-hybridized carbons (Fsp3) is 0.130. The normalized spacial score (nSPS) is 11.4. The topological polar surface area (TPSA) is 98.5 Å². The summed E-state index contributed by atoms with van der Waals surface area (Å²) in [6, 6.07) is 18.3. The Morgan fingerprint density at radius 2 is 1.53 bits per heavy atom. The average molecular weight is 473 g/mol. The zero-order valence-electron chi connectivity index (χ0n) is 16.7. The van der Waals surface area contributed by atoms with Crippen LogP contribution in [0.2, 0.25) is 5.02 Å². The van der Waals surface area contributed by atoms with Crippen molar-refractivity contribution in [3.63, 3.8) is 0 Å². The van der Waals surface area contributed by atoms with Crippen LogP contribution in [0.4, 0.5) is 11.4 Å². The van der Waals surface area contributed by atoms with Crippen molar-refractivity contribution in [3.05, 3.63) is 99.1 Å². The molecule has 1 N–H and O–H groups in total. The Morgan fingerprint density at radius 1 is 0.938 bits per heavy atom. The van der Waals surface area contributed by atoms with Crippen LogP contribution in [0.15, 0.2) is 72.8 Å². The van der Waals surface area contributed by atoms with Gasteiger partial charge in [0.05, 0.1) is 4.92 Å². The number of nitrogens with zero attached hydrogens (tertiary/aromatic N) is 1. The lowest BCUT2D eigenvalue weighted by Gasteiger charge is -2.17. The van der Waals surface area contributed by atoms with E-state index in [4.69, 9.17) is 27.9 Å². The molecule has 3 aromatic carbocycles. The molecule has 0 aliphatic carbocycles. The molecular formula is C23H18Cl2N2O5. The Kier molecular flexibility index (Phi) is 7.81. The van der Waals surface area contributed by atoms with Crippen LogP contribution in [0.3, 0.4) is 0 Å². The number of ketones is 1. The Morgan fingerprint density at radius 3 is 2.09 bits per heavy atom. The van der Waals surface area contributed by atoms with Gasteiger partial charge in [0.1, 0.15) is 5.75 Å². The molecule has 32 heavy (non-hydrogen) atoms. The molecule has 0 aliphatic heterocycles. The van der Waals surface area contributed by atoms with E-state index in [2.05, 4.69) is 5.32 Å². The number of ether oxygens (including phenoxy) is 1. The van der Waals surface area contributed by atoms with Crippen LogP contribution in [-0.2, 0) is 0 Å². The van der Waals surface area contributed by atoms with Gasteiger partial charge in [0, 0.05) is 46.3 Å². The van der Waals surface area contributed by atoms with Gasteiger partial charge in [-0.25, -0.2) is 0 Å². The molecular weight excluding hydrogens is 455 g/mol. The molecule has 1 amide bonds. The van der Waals surface area contributed by atoms with Crippen LogP contribution in [0, 0.1) is 10.1 Å². The molecule has 0 spiro atoms. The van der Waals surface area contributed by atoms with Gasteiger partial charge in [-0.1, -0.05) is 11.6 Å². The molecule has 0 saturated carbocycles. The van der Waals surface area contributed by atoms with E-state index in [0.29, 0.717) is 28.4 Å². The number of alkyl halides is 1. The highest BCUT2D eigenvalue weighted by atomic mass is 35.5. The first-order valence-corrected chi connectivity index (χ1v) is 10.5.